The molecule has 2 aliphatic carbocycles. The van der Waals surface area contributed by atoms with E-state index in [1.165, 1.54) is 18.4 Å². The van der Waals surface area contributed by atoms with Crippen LogP contribution in [0.4, 0.5) is 0 Å². The summed E-state index contributed by atoms with van der Waals surface area (Å²) >= 11 is 0. The third kappa shape index (κ3) is 1.82. The van der Waals surface area contributed by atoms with Crippen molar-refractivity contribution in [3.63, 3.8) is 0 Å². The van der Waals surface area contributed by atoms with Crippen molar-refractivity contribution in [1.82, 2.24) is 0 Å². The van der Waals surface area contributed by atoms with Crippen LogP contribution in [-0.2, 0) is 0 Å². The second-order valence-electron chi connectivity index (χ2n) is 3.84. The minimum absolute atomic E-state index is 0.613. The summed E-state index contributed by atoms with van der Waals surface area (Å²) in [6, 6.07) is 0. The zero-order valence-electron chi connectivity index (χ0n) is 8.11. The van der Waals surface area contributed by atoms with Gasteiger partial charge in [-0.1, -0.05) is 49.5 Å². The molecule has 0 bridgehead atoms. The maximum absolute atomic E-state index is 2.38. The van der Waals surface area contributed by atoms with E-state index in [9.17, 15) is 0 Å². The van der Waals surface area contributed by atoms with E-state index in [1.54, 1.807) is 0 Å². The maximum Gasteiger partial charge on any atom is 0.00781 e. The summed E-state index contributed by atoms with van der Waals surface area (Å²) in [6.45, 7) is 2.29. The Morgan fingerprint density at radius 3 is 2.69 bits per heavy atom. The molecule has 2 rings (SSSR count). The van der Waals surface area contributed by atoms with Gasteiger partial charge >= 0.3 is 0 Å². The zero-order chi connectivity index (χ0) is 9.10. The largest absolute Gasteiger partial charge is 0.0839 e. The van der Waals surface area contributed by atoms with Crippen LogP contribution >= 0.6 is 0 Å². The van der Waals surface area contributed by atoms with Gasteiger partial charge in [-0.2, -0.15) is 0 Å². The monoisotopic (exact) mass is 172 g/mol. The van der Waals surface area contributed by atoms with E-state index in [0.29, 0.717) is 11.8 Å². The van der Waals surface area contributed by atoms with Crippen molar-refractivity contribution in [3.05, 3.63) is 48.1 Å². The van der Waals surface area contributed by atoms with Crippen LogP contribution in [0.15, 0.2) is 48.1 Å². The standard InChI is InChI=1S/C13H16/c1-11-7-5-6-10-13(11)12-8-3-2-4-9-12/h3,5-11,13H,2,4H2,1H3. The van der Waals surface area contributed by atoms with Gasteiger partial charge in [0.05, 0.1) is 0 Å². The number of hydrogen-bond acceptors (Lipinski definition) is 0. The zero-order valence-corrected chi connectivity index (χ0v) is 8.11. The Hall–Kier alpha value is -1.04. The second-order valence-corrected chi connectivity index (χ2v) is 3.84. The highest BCUT2D eigenvalue weighted by atomic mass is 14.2. The molecule has 0 N–H and O–H groups in total. The van der Waals surface area contributed by atoms with Crippen molar-refractivity contribution < 1.29 is 0 Å². The van der Waals surface area contributed by atoms with Crippen LogP contribution in [-0.4, -0.2) is 0 Å². The van der Waals surface area contributed by atoms with Gasteiger partial charge in [0.2, 0.25) is 0 Å². The maximum atomic E-state index is 2.38. The minimum Gasteiger partial charge on any atom is -0.0839 e. The fraction of sp³-hybridized carbons (Fsp3) is 0.385. The van der Waals surface area contributed by atoms with Gasteiger partial charge in [-0.25, -0.2) is 0 Å². The smallest absolute Gasteiger partial charge is 0.00781 e. The quantitative estimate of drug-likeness (QED) is 0.566. The van der Waals surface area contributed by atoms with Crippen LogP contribution in [0.25, 0.3) is 0 Å². The molecular formula is C13H16. The van der Waals surface area contributed by atoms with E-state index >= 15 is 0 Å². The van der Waals surface area contributed by atoms with Gasteiger partial charge in [-0.05, 0) is 24.3 Å². The fourth-order valence-corrected chi connectivity index (χ4v) is 2.01. The average Bonchev–Trinajstić information content (AvgIpc) is 2.20. The van der Waals surface area contributed by atoms with E-state index in [4.69, 9.17) is 0 Å². The van der Waals surface area contributed by atoms with E-state index in [-0.39, 0.29) is 0 Å². The topological polar surface area (TPSA) is 0 Å². The molecule has 0 fully saturated rings. The van der Waals surface area contributed by atoms with Crippen molar-refractivity contribution in [2.45, 2.75) is 19.8 Å². The predicted octanol–water partition coefficient (Wildman–Crippen LogP) is 3.64. The van der Waals surface area contributed by atoms with Crippen molar-refractivity contribution in [1.29, 1.82) is 0 Å². The molecule has 0 amide bonds. The highest BCUT2D eigenvalue weighted by Gasteiger charge is 2.17. The van der Waals surface area contributed by atoms with Crippen LogP contribution in [0.1, 0.15) is 19.8 Å². The second kappa shape index (κ2) is 3.78. The van der Waals surface area contributed by atoms with Gasteiger partial charge in [-0.3, -0.25) is 0 Å². The van der Waals surface area contributed by atoms with Gasteiger partial charge in [-0.15, -0.1) is 0 Å². The molecule has 0 aromatic carbocycles. The number of hydrogen-bond donors (Lipinski definition) is 0. The average molecular weight is 172 g/mol. The Labute approximate surface area is 80.3 Å². The van der Waals surface area contributed by atoms with Gasteiger partial charge in [0.25, 0.3) is 0 Å². The van der Waals surface area contributed by atoms with Gasteiger partial charge in [0.1, 0.15) is 0 Å². The van der Waals surface area contributed by atoms with Crippen molar-refractivity contribution in [2.75, 3.05) is 0 Å². The first kappa shape index (κ1) is 8.55. The SMILES string of the molecule is CC1C=CC=CC1C1=CCCC=C1. The molecule has 0 radical (unpaired) electrons. The van der Waals surface area contributed by atoms with Crippen LogP contribution in [0.5, 0.6) is 0 Å². The van der Waals surface area contributed by atoms with Crippen LogP contribution < -0.4 is 0 Å². The highest BCUT2D eigenvalue weighted by Crippen LogP contribution is 2.29. The van der Waals surface area contributed by atoms with Crippen molar-refractivity contribution in [2.24, 2.45) is 11.8 Å². The van der Waals surface area contributed by atoms with Gasteiger partial charge < -0.3 is 0 Å². The third-order valence-electron chi connectivity index (χ3n) is 2.82. The molecule has 0 saturated heterocycles. The summed E-state index contributed by atoms with van der Waals surface area (Å²) in [5, 5.41) is 0. The Bertz CT molecular complexity index is 289. The Morgan fingerprint density at radius 1 is 1.15 bits per heavy atom. The number of rotatable bonds is 1. The summed E-state index contributed by atoms with van der Waals surface area (Å²) in [5.41, 5.74) is 1.50. The molecule has 2 atom stereocenters. The molecule has 2 unspecified atom stereocenters. The minimum atomic E-state index is 0.613. The molecule has 2 aliphatic rings. The molecule has 13 heavy (non-hydrogen) atoms. The first-order valence-electron chi connectivity index (χ1n) is 5.09. The molecule has 68 valence electrons. The lowest BCUT2D eigenvalue weighted by atomic mass is 9.82. The lowest BCUT2D eigenvalue weighted by Crippen LogP contribution is -2.11. The molecular weight excluding hydrogens is 156 g/mol. The molecule has 0 spiro atoms. The molecule has 0 heterocycles. The predicted molar refractivity (Wildman–Crippen MR) is 57.4 cm³/mol. The van der Waals surface area contributed by atoms with Gasteiger partial charge in [0, 0.05) is 5.92 Å². The molecule has 0 aliphatic heterocycles. The molecule has 0 nitrogen and oxygen atoms in total. The molecule has 0 saturated carbocycles. The Balaban J connectivity index is 2.16. The van der Waals surface area contributed by atoms with Gasteiger partial charge in [0.15, 0.2) is 0 Å². The van der Waals surface area contributed by atoms with Crippen LogP contribution in [0.2, 0.25) is 0 Å². The third-order valence-corrected chi connectivity index (χ3v) is 2.82. The van der Waals surface area contributed by atoms with E-state index < -0.39 is 0 Å². The Kier molecular flexibility index (Phi) is 2.49. The van der Waals surface area contributed by atoms with Crippen LogP contribution in [0, 0.1) is 11.8 Å². The summed E-state index contributed by atoms with van der Waals surface area (Å²) in [5.74, 6) is 1.26. The fourth-order valence-electron chi connectivity index (χ4n) is 2.01. The van der Waals surface area contributed by atoms with E-state index in [1.807, 2.05) is 0 Å². The van der Waals surface area contributed by atoms with Crippen molar-refractivity contribution in [3.8, 4) is 0 Å². The first-order valence-corrected chi connectivity index (χ1v) is 5.09. The first-order chi connectivity index (χ1) is 6.38. The summed E-state index contributed by atoms with van der Waals surface area (Å²) < 4.78 is 0. The lowest BCUT2D eigenvalue weighted by molar-refractivity contribution is 0.582. The number of allylic oxidation sites excluding steroid dienone is 8. The van der Waals surface area contributed by atoms with Crippen LogP contribution in [0.3, 0.4) is 0 Å². The molecule has 0 aromatic heterocycles. The summed E-state index contributed by atoms with van der Waals surface area (Å²) in [4.78, 5) is 0. The van der Waals surface area contributed by atoms with E-state index in [2.05, 4.69) is 49.5 Å². The Morgan fingerprint density at radius 2 is 2.00 bits per heavy atom. The summed E-state index contributed by atoms with van der Waals surface area (Å²) in [7, 11) is 0. The summed E-state index contributed by atoms with van der Waals surface area (Å²) in [6.07, 6.45) is 18.3. The van der Waals surface area contributed by atoms with E-state index in [0.717, 1.165) is 0 Å². The molecule has 0 aromatic rings. The van der Waals surface area contributed by atoms with Crippen molar-refractivity contribution >= 4 is 0 Å². The molecule has 0 heteroatoms. The highest BCUT2D eigenvalue weighted by molar-refractivity contribution is 5.32. The lowest BCUT2D eigenvalue weighted by Gasteiger charge is -2.23. The normalized spacial score (nSPS) is 31.9.